The van der Waals surface area contributed by atoms with E-state index in [0.717, 1.165) is 10.8 Å². The molecule has 0 aliphatic rings. The second-order valence-electron chi connectivity index (χ2n) is 5.19. The highest BCUT2D eigenvalue weighted by molar-refractivity contribution is 7.16. The van der Waals surface area contributed by atoms with Crippen molar-refractivity contribution in [1.29, 1.82) is 0 Å². The summed E-state index contributed by atoms with van der Waals surface area (Å²) in [4.78, 5) is 0.628. The summed E-state index contributed by atoms with van der Waals surface area (Å²) in [5.74, 6) is 1.59. The van der Waals surface area contributed by atoms with E-state index >= 15 is 0 Å². The minimum atomic E-state index is -0.328. The van der Waals surface area contributed by atoms with E-state index in [1.165, 1.54) is 23.5 Å². The van der Waals surface area contributed by atoms with E-state index in [0.29, 0.717) is 28.7 Å². The first-order chi connectivity index (χ1) is 12.2. The fraction of sp³-hybridized carbons (Fsp3) is 0.118. The van der Waals surface area contributed by atoms with Crippen molar-refractivity contribution in [2.45, 2.75) is 6.61 Å². The molecule has 0 spiro atoms. The molecule has 0 atom stereocenters. The first-order valence-electron chi connectivity index (χ1n) is 7.47. The number of ether oxygens (including phenoxy) is 2. The molecule has 2 aromatic heterocycles. The van der Waals surface area contributed by atoms with E-state index in [4.69, 9.17) is 9.47 Å². The third kappa shape index (κ3) is 3.16. The van der Waals surface area contributed by atoms with Gasteiger partial charge in [0.1, 0.15) is 23.9 Å². The van der Waals surface area contributed by atoms with Crippen LogP contribution >= 0.6 is 11.3 Å². The molecule has 126 valence electrons. The molecule has 4 rings (SSSR count). The van der Waals surface area contributed by atoms with Gasteiger partial charge in [-0.1, -0.05) is 29.5 Å². The highest BCUT2D eigenvalue weighted by Crippen LogP contribution is 2.24. The summed E-state index contributed by atoms with van der Waals surface area (Å²) in [5.41, 5.74) is 0.623. The van der Waals surface area contributed by atoms with Crippen molar-refractivity contribution < 1.29 is 13.9 Å². The average molecular weight is 356 g/mol. The zero-order valence-electron chi connectivity index (χ0n) is 13.2. The minimum Gasteiger partial charge on any atom is -0.497 e. The predicted molar refractivity (Wildman–Crippen MR) is 91.4 cm³/mol. The lowest BCUT2D eigenvalue weighted by molar-refractivity contribution is 0.301. The molecular formula is C17H13FN4O2S. The van der Waals surface area contributed by atoms with E-state index in [1.807, 2.05) is 18.2 Å². The quantitative estimate of drug-likeness (QED) is 0.547. The standard InChI is InChI=1S/C17H13FN4O2S/c1-23-13-6-3-7-14(9-13)24-10-15-21-22-16(19-20-17(22)25-15)11-4-2-5-12(18)8-11/h2-9H,10H2,1H3. The van der Waals surface area contributed by atoms with Gasteiger partial charge in [0.15, 0.2) is 10.8 Å². The molecule has 0 saturated carbocycles. The van der Waals surface area contributed by atoms with Crippen LogP contribution in [0.15, 0.2) is 48.5 Å². The van der Waals surface area contributed by atoms with Gasteiger partial charge in [0.05, 0.1) is 7.11 Å². The van der Waals surface area contributed by atoms with Gasteiger partial charge < -0.3 is 9.47 Å². The molecule has 2 heterocycles. The van der Waals surface area contributed by atoms with Crippen LogP contribution in [0.1, 0.15) is 5.01 Å². The number of hydrogen-bond donors (Lipinski definition) is 0. The first kappa shape index (κ1) is 15.5. The van der Waals surface area contributed by atoms with E-state index in [1.54, 1.807) is 29.8 Å². The van der Waals surface area contributed by atoms with Crippen LogP contribution in [0.25, 0.3) is 16.3 Å². The minimum absolute atomic E-state index is 0.295. The van der Waals surface area contributed by atoms with Gasteiger partial charge in [-0.25, -0.2) is 4.39 Å². The summed E-state index contributed by atoms with van der Waals surface area (Å²) in [7, 11) is 1.61. The van der Waals surface area contributed by atoms with Gasteiger partial charge in [-0.3, -0.25) is 0 Å². The van der Waals surface area contributed by atoms with E-state index in [-0.39, 0.29) is 5.82 Å². The zero-order chi connectivity index (χ0) is 17.2. The lowest BCUT2D eigenvalue weighted by atomic mass is 10.2. The van der Waals surface area contributed by atoms with Gasteiger partial charge in [0.2, 0.25) is 4.96 Å². The lowest BCUT2D eigenvalue weighted by Gasteiger charge is -2.05. The summed E-state index contributed by atoms with van der Waals surface area (Å²) in [6, 6.07) is 13.5. The maximum atomic E-state index is 13.4. The van der Waals surface area contributed by atoms with Crippen molar-refractivity contribution in [1.82, 2.24) is 19.8 Å². The number of fused-ring (bicyclic) bond motifs is 1. The normalized spacial score (nSPS) is 11.0. The van der Waals surface area contributed by atoms with Gasteiger partial charge in [-0.2, -0.15) is 9.61 Å². The SMILES string of the molecule is COc1cccc(OCc2nn3c(-c4cccc(F)c4)nnc3s2)c1. The molecule has 25 heavy (non-hydrogen) atoms. The van der Waals surface area contributed by atoms with Crippen molar-refractivity contribution in [2.75, 3.05) is 7.11 Å². The number of rotatable bonds is 5. The molecule has 0 fully saturated rings. The molecule has 6 nitrogen and oxygen atoms in total. The lowest BCUT2D eigenvalue weighted by Crippen LogP contribution is -1.98. The molecule has 8 heteroatoms. The Bertz CT molecular complexity index is 1030. The summed E-state index contributed by atoms with van der Waals surface area (Å²) >= 11 is 1.37. The third-order valence-electron chi connectivity index (χ3n) is 3.52. The fourth-order valence-corrected chi connectivity index (χ4v) is 3.11. The molecule has 0 N–H and O–H groups in total. The number of methoxy groups -OCH3 is 1. The Morgan fingerprint density at radius 1 is 1.08 bits per heavy atom. The van der Waals surface area contributed by atoms with E-state index in [2.05, 4.69) is 15.3 Å². The smallest absolute Gasteiger partial charge is 0.235 e. The van der Waals surface area contributed by atoms with Crippen LogP contribution in [-0.4, -0.2) is 26.9 Å². The molecular weight excluding hydrogens is 343 g/mol. The van der Waals surface area contributed by atoms with Gasteiger partial charge >= 0.3 is 0 Å². The maximum Gasteiger partial charge on any atom is 0.235 e. The van der Waals surface area contributed by atoms with E-state index < -0.39 is 0 Å². The molecule has 0 saturated heterocycles. The number of benzene rings is 2. The summed E-state index contributed by atoms with van der Waals surface area (Å²) in [6.07, 6.45) is 0. The van der Waals surface area contributed by atoms with E-state index in [9.17, 15) is 4.39 Å². The number of halogens is 1. The highest BCUT2D eigenvalue weighted by Gasteiger charge is 2.14. The molecule has 0 amide bonds. The molecule has 0 aliphatic carbocycles. The Balaban J connectivity index is 1.57. The van der Waals surface area contributed by atoms with Crippen LogP contribution in [-0.2, 0) is 6.61 Å². The summed E-state index contributed by atoms with van der Waals surface area (Å²) in [5, 5.41) is 13.4. The molecule has 0 aliphatic heterocycles. The number of hydrogen-bond acceptors (Lipinski definition) is 6. The largest absolute Gasteiger partial charge is 0.497 e. The molecule has 0 radical (unpaired) electrons. The Labute approximate surface area is 146 Å². The van der Waals surface area contributed by atoms with Crippen LogP contribution < -0.4 is 9.47 Å². The second kappa shape index (κ2) is 6.48. The van der Waals surface area contributed by atoms with Crippen molar-refractivity contribution in [3.63, 3.8) is 0 Å². The second-order valence-corrected chi connectivity index (χ2v) is 6.23. The van der Waals surface area contributed by atoms with Crippen LogP contribution in [0.2, 0.25) is 0 Å². The number of nitrogens with zero attached hydrogens (tertiary/aromatic N) is 4. The summed E-state index contributed by atoms with van der Waals surface area (Å²) in [6.45, 7) is 0.295. The Morgan fingerprint density at radius 2 is 1.92 bits per heavy atom. The monoisotopic (exact) mass is 356 g/mol. The van der Waals surface area contributed by atoms with Crippen molar-refractivity contribution in [3.05, 3.63) is 59.4 Å². The van der Waals surface area contributed by atoms with Gasteiger partial charge in [0, 0.05) is 11.6 Å². The van der Waals surface area contributed by atoms with Crippen molar-refractivity contribution >= 4 is 16.3 Å². The first-order valence-corrected chi connectivity index (χ1v) is 8.28. The predicted octanol–water partition coefficient (Wildman–Crippen LogP) is 3.58. The molecule has 4 aromatic rings. The Kier molecular flexibility index (Phi) is 4.02. The van der Waals surface area contributed by atoms with Crippen LogP contribution in [0.4, 0.5) is 4.39 Å². The summed E-state index contributed by atoms with van der Waals surface area (Å²) < 4.78 is 25.9. The topological polar surface area (TPSA) is 61.5 Å². The Morgan fingerprint density at radius 3 is 2.76 bits per heavy atom. The fourth-order valence-electron chi connectivity index (χ4n) is 2.36. The molecule has 2 aromatic carbocycles. The third-order valence-corrected chi connectivity index (χ3v) is 4.39. The van der Waals surface area contributed by atoms with Gasteiger partial charge in [-0.05, 0) is 24.3 Å². The Hall–Kier alpha value is -3.00. The molecule has 0 unspecified atom stereocenters. The van der Waals surface area contributed by atoms with Crippen molar-refractivity contribution in [3.8, 4) is 22.9 Å². The van der Waals surface area contributed by atoms with Crippen LogP contribution in [0.3, 0.4) is 0 Å². The highest BCUT2D eigenvalue weighted by atomic mass is 32.1. The zero-order valence-corrected chi connectivity index (χ0v) is 14.0. The van der Waals surface area contributed by atoms with Gasteiger partial charge in [0.25, 0.3) is 0 Å². The number of aromatic nitrogens is 4. The van der Waals surface area contributed by atoms with Crippen LogP contribution in [0.5, 0.6) is 11.5 Å². The molecule has 0 bridgehead atoms. The van der Waals surface area contributed by atoms with Crippen molar-refractivity contribution in [2.24, 2.45) is 0 Å². The maximum absolute atomic E-state index is 13.4. The average Bonchev–Trinajstić information content (AvgIpc) is 3.20. The van der Waals surface area contributed by atoms with Gasteiger partial charge in [-0.15, -0.1) is 10.2 Å². The van der Waals surface area contributed by atoms with Crippen LogP contribution in [0, 0.1) is 5.82 Å².